The highest BCUT2D eigenvalue weighted by Crippen LogP contribution is 2.23. The zero-order valence-corrected chi connectivity index (χ0v) is 12.4. The molecule has 0 aliphatic rings. The van der Waals surface area contributed by atoms with Crippen molar-refractivity contribution in [1.29, 1.82) is 0 Å². The van der Waals surface area contributed by atoms with E-state index in [0.717, 1.165) is 5.56 Å². The van der Waals surface area contributed by atoms with E-state index in [1.54, 1.807) is 12.1 Å². The zero-order chi connectivity index (χ0) is 15.3. The van der Waals surface area contributed by atoms with Gasteiger partial charge in [-0.1, -0.05) is 29.4 Å². The smallest absolute Gasteiger partial charge is 0.319 e. The Bertz CT molecular complexity index is 547. The third-order valence-electron chi connectivity index (χ3n) is 3.06. The zero-order valence-electron chi connectivity index (χ0n) is 12.4. The molecule has 0 aliphatic carbocycles. The van der Waals surface area contributed by atoms with Gasteiger partial charge in [-0.2, -0.15) is 0 Å². The van der Waals surface area contributed by atoms with Gasteiger partial charge >= 0.3 is 5.97 Å². The predicted octanol–water partition coefficient (Wildman–Crippen LogP) is 2.11. The van der Waals surface area contributed by atoms with Crippen molar-refractivity contribution in [3.63, 3.8) is 0 Å². The van der Waals surface area contributed by atoms with Gasteiger partial charge in [-0.05, 0) is 26.3 Å². The second-order valence-corrected chi connectivity index (χ2v) is 4.88. The molecule has 0 aromatic heterocycles. The molecule has 1 aromatic rings. The number of Topliss-reactive ketones (excluding diaryl/α,β-unsaturated/α-hetero) is 1. The van der Waals surface area contributed by atoms with Crippen LogP contribution in [0.15, 0.2) is 29.4 Å². The molecule has 5 heteroatoms. The number of ether oxygens (including phenoxy) is 1. The van der Waals surface area contributed by atoms with Crippen LogP contribution < -0.4 is 0 Å². The van der Waals surface area contributed by atoms with Crippen molar-refractivity contribution in [1.82, 2.24) is 0 Å². The van der Waals surface area contributed by atoms with Crippen molar-refractivity contribution in [2.75, 3.05) is 14.2 Å². The Morgan fingerprint density at radius 1 is 1.15 bits per heavy atom. The number of carbonyl (C=O) groups excluding carboxylic acids is 2. The Hall–Kier alpha value is -2.17. The Labute approximate surface area is 118 Å². The Morgan fingerprint density at radius 2 is 1.75 bits per heavy atom. The number of aryl methyl sites for hydroxylation is 1. The van der Waals surface area contributed by atoms with E-state index in [0.29, 0.717) is 5.56 Å². The first-order valence-electron chi connectivity index (χ1n) is 6.16. The number of esters is 1. The van der Waals surface area contributed by atoms with Crippen LogP contribution in [0, 0.1) is 12.3 Å². The van der Waals surface area contributed by atoms with Crippen LogP contribution in [0.2, 0.25) is 0 Å². The van der Waals surface area contributed by atoms with Crippen molar-refractivity contribution in [2.45, 2.75) is 20.8 Å². The summed E-state index contributed by atoms with van der Waals surface area (Å²) < 4.78 is 4.67. The fourth-order valence-corrected chi connectivity index (χ4v) is 1.79. The summed E-state index contributed by atoms with van der Waals surface area (Å²) in [5, 5.41) is 3.80. The summed E-state index contributed by atoms with van der Waals surface area (Å²) >= 11 is 0. The number of oxime groups is 1. The molecule has 0 aliphatic heterocycles. The topological polar surface area (TPSA) is 65.0 Å². The average Bonchev–Trinajstić information content (AvgIpc) is 2.44. The lowest BCUT2D eigenvalue weighted by molar-refractivity contribution is -0.153. The maximum absolute atomic E-state index is 12.6. The average molecular weight is 277 g/mol. The van der Waals surface area contributed by atoms with E-state index in [9.17, 15) is 9.59 Å². The third kappa shape index (κ3) is 3.04. The monoisotopic (exact) mass is 277 g/mol. The number of hydrogen-bond acceptors (Lipinski definition) is 5. The molecular formula is C15H19NO4. The molecule has 0 N–H and O–H groups in total. The minimum atomic E-state index is -1.33. The summed E-state index contributed by atoms with van der Waals surface area (Å²) in [7, 11) is 2.61. The summed E-state index contributed by atoms with van der Waals surface area (Å²) in [5.74, 6) is -1.06. The summed E-state index contributed by atoms with van der Waals surface area (Å²) in [6, 6.07) is 7.28. The van der Waals surface area contributed by atoms with Crippen molar-refractivity contribution in [3.05, 3.63) is 35.4 Å². The number of benzene rings is 1. The van der Waals surface area contributed by atoms with Gasteiger partial charge in [0.15, 0.2) is 5.71 Å². The van der Waals surface area contributed by atoms with E-state index in [1.807, 2.05) is 19.1 Å². The first kappa shape index (κ1) is 15.9. The summed E-state index contributed by atoms with van der Waals surface area (Å²) in [5.41, 5.74) is 0.295. The molecule has 20 heavy (non-hydrogen) atoms. The van der Waals surface area contributed by atoms with E-state index >= 15 is 0 Å². The highest BCUT2D eigenvalue weighted by Gasteiger charge is 2.40. The molecule has 1 aromatic carbocycles. The molecule has 0 radical (unpaired) electrons. The minimum Gasteiger partial charge on any atom is -0.468 e. The van der Waals surface area contributed by atoms with Gasteiger partial charge in [0.25, 0.3) is 0 Å². The van der Waals surface area contributed by atoms with Gasteiger partial charge in [0.2, 0.25) is 5.78 Å². The van der Waals surface area contributed by atoms with Gasteiger partial charge in [-0.15, -0.1) is 0 Å². The van der Waals surface area contributed by atoms with Gasteiger partial charge in [0.1, 0.15) is 12.5 Å². The number of nitrogens with zero attached hydrogens (tertiary/aromatic N) is 1. The van der Waals surface area contributed by atoms with E-state index < -0.39 is 17.2 Å². The van der Waals surface area contributed by atoms with Gasteiger partial charge in [-0.3, -0.25) is 9.59 Å². The number of rotatable bonds is 5. The number of ketones is 1. The number of carbonyl (C=O) groups is 2. The lowest BCUT2D eigenvalue weighted by Crippen LogP contribution is -2.39. The van der Waals surface area contributed by atoms with Crippen LogP contribution in [0.1, 0.15) is 25.0 Å². The number of hydrogen-bond donors (Lipinski definition) is 0. The predicted molar refractivity (Wildman–Crippen MR) is 75.5 cm³/mol. The SMILES string of the molecule is CON=C(C(=O)C(C)(C)C(=O)OC)c1ccccc1C. The van der Waals surface area contributed by atoms with Crippen LogP contribution in [0.5, 0.6) is 0 Å². The molecular weight excluding hydrogens is 258 g/mol. The normalized spacial score (nSPS) is 11.9. The maximum Gasteiger partial charge on any atom is 0.319 e. The van der Waals surface area contributed by atoms with Gasteiger partial charge in [0.05, 0.1) is 7.11 Å². The molecule has 0 fully saturated rings. The van der Waals surface area contributed by atoms with E-state index in [-0.39, 0.29) is 5.71 Å². The van der Waals surface area contributed by atoms with E-state index in [4.69, 9.17) is 4.84 Å². The van der Waals surface area contributed by atoms with Crippen LogP contribution >= 0.6 is 0 Å². The van der Waals surface area contributed by atoms with Crippen molar-refractivity contribution in [3.8, 4) is 0 Å². The summed E-state index contributed by atoms with van der Waals surface area (Å²) in [6.45, 7) is 4.87. The van der Waals surface area contributed by atoms with Crippen LogP contribution in [-0.2, 0) is 19.2 Å². The molecule has 0 spiro atoms. The Morgan fingerprint density at radius 3 is 2.25 bits per heavy atom. The first-order valence-corrected chi connectivity index (χ1v) is 6.16. The van der Waals surface area contributed by atoms with Crippen LogP contribution in [-0.4, -0.2) is 31.7 Å². The lowest BCUT2D eigenvalue weighted by atomic mass is 9.83. The second-order valence-electron chi connectivity index (χ2n) is 4.88. The molecule has 1 rings (SSSR count). The minimum absolute atomic E-state index is 0.112. The molecule has 0 bridgehead atoms. The van der Waals surface area contributed by atoms with Gasteiger partial charge in [-0.25, -0.2) is 0 Å². The quantitative estimate of drug-likeness (QED) is 0.358. The highest BCUT2D eigenvalue weighted by molar-refractivity contribution is 6.50. The maximum atomic E-state index is 12.6. The Kier molecular flexibility index (Phi) is 5.02. The number of methoxy groups -OCH3 is 1. The Balaban J connectivity index is 3.30. The highest BCUT2D eigenvalue weighted by atomic mass is 16.6. The van der Waals surface area contributed by atoms with Crippen LogP contribution in [0.25, 0.3) is 0 Å². The largest absolute Gasteiger partial charge is 0.468 e. The summed E-state index contributed by atoms with van der Waals surface area (Å²) in [4.78, 5) is 29.1. The summed E-state index contributed by atoms with van der Waals surface area (Å²) in [6.07, 6.45) is 0. The van der Waals surface area contributed by atoms with Gasteiger partial charge in [0, 0.05) is 5.56 Å². The lowest BCUT2D eigenvalue weighted by Gasteiger charge is -2.21. The molecule has 0 atom stereocenters. The molecule has 0 amide bonds. The van der Waals surface area contributed by atoms with Crippen LogP contribution in [0.3, 0.4) is 0 Å². The molecule has 0 saturated carbocycles. The standard InChI is InChI=1S/C15H19NO4/c1-10-8-6-7-9-11(10)12(16-20-5)13(17)15(2,3)14(18)19-4/h6-9H,1-5H3. The third-order valence-corrected chi connectivity index (χ3v) is 3.06. The van der Waals surface area contributed by atoms with Crippen LogP contribution in [0.4, 0.5) is 0 Å². The van der Waals surface area contributed by atoms with E-state index in [2.05, 4.69) is 9.89 Å². The molecule has 0 unspecified atom stereocenters. The molecule has 108 valence electrons. The molecule has 5 nitrogen and oxygen atoms in total. The van der Waals surface area contributed by atoms with Crippen molar-refractivity contribution < 1.29 is 19.2 Å². The van der Waals surface area contributed by atoms with Gasteiger partial charge < -0.3 is 9.57 Å². The fraction of sp³-hybridized carbons (Fsp3) is 0.400. The van der Waals surface area contributed by atoms with E-state index in [1.165, 1.54) is 28.1 Å². The van der Waals surface area contributed by atoms with Crippen molar-refractivity contribution in [2.24, 2.45) is 10.6 Å². The fourth-order valence-electron chi connectivity index (χ4n) is 1.79. The second kappa shape index (κ2) is 6.32. The first-order chi connectivity index (χ1) is 9.36. The molecule has 0 heterocycles. The van der Waals surface area contributed by atoms with Crippen molar-refractivity contribution >= 4 is 17.5 Å². The molecule has 0 saturated heterocycles.